The Bertz CT molecular complexity index is 1370. The number of benzene rings is 1. The summed E-state index contributed by atoms with van der Waals surface area (Å²) in [5.41, 5.74) is 2.58. The van der Waals surface area contributed by atoms with E-state index >= 15 is 0 Å². The molecule has 4 aliphatic rings. The molecule has 0 unspecified atom stereocenters. The molecular weight excluding hydrogens is 638 g/mol. The number of carbonyl (C=O) groups is 1. The number of nitrogens with zero attached hydrogens (tertiary/aromatic N) is 3. The van der Waals surface area contributed by atoms with Crippen molar-refractivity contribution in [3.05, 3.63) is 48.1 Å². The second-order valence-electron chi connectivity index (χ2n) is 15.4. The van der Waals surface area contributed by atoms with Gasteiger partial charge in [0.25, 0.3) is 0 Å². The van der Waals surface area contributed by atoms with Crippen LogP contribution in [0.1, 0.15) is 77.2 Å². The molecule has 1 aromatic carbocycles. The highest BCUT2D eigenvalue weighted by atomic mass is 16.7. The highest BCUT2D eigenvalue weighted by Gasteiger charge is 2.65. The summed E-state index contributed by atoms with van der Waals surface area (Å²) < 4.78 is 26.2. The van der Waals surface area contributed by atoms with Gasteiger partial charge in [-0.3, -0.25) is 4.90 Å². The van der Waals surface area contributed by atoms with Gasteiger partial charge in [0.2, 0.25) is 5.79 Å². The van der Waals surface area contributed by atoms with Crippen LogP contribution < -0.4 is 9.47 Å². The van der Waals surface area contributed by atoms with E-state index in [1.807, 2.05) is 32.9 Å². The van der Waals surface area contributed by atoms with Gasteiger partial charge in [0.1, 0.15) is 31.3 Å². The van der Waals surface area contributed by atoms with E-state index < -0.39 is 17.9 Å². The molecular formula is C39H59N3O8. The molecule has 2 heterocycles. The van der Waals surface area contributed by atoms with E-state index in [0.29, 0.717) is 25.2 Å². The van der Waals surface area contributed by atoms with Gasteiger partial charge in [-0.25, -0.2) is 4.79 Å². The van der Waals surface area contributed by atoms with Gasteiger partial charge < -0.3 is 38.9 Å². The fraction of sp³-hybridized carbons (Fsp3) is 0.692. The Morgan fingerprint density at radius 2 is 1.90 bits per heavy atom. The first-order chi connectivity index (χ1) is 24.1. The molecule has 0 bridgehead atoms. The number of unbranched alkanes of at least 4 members (excludes halogenated alkanes) is 2. The number of likely N-dealkylation sites (N-methyl/N-ethyl adjacent to an activating group) is 1. The predicted octanol–water partition coefficient (Wildman–Crippen LogP) is 5.76. The van der Waals surface area contributed by atoms with Gasteiger partial charge in [0.05, 0.1) is 24.8 Å². The van der Waals surface area contributed by atoms with Crippen LogP contribution >= 0.6 is 0 Å². The molecule has 5 rings (SSSR count). The minimum Gasteiger partial charge on any atom is -0.492 e. The summed E-state index contributed by atoms with van der Waals surface area (Å²) in [7, 11) is 3.29. The summed E-state index contributed by atoms with van der Waals surface area (Å²) in [5.74, 6) is 0.0491. The van der Waals surface area contributed by atoms with Crippen LogP contribution in [0.2, 0.25) is 0 Å². The quantitative estimate of drug-likeness (QED) is 0.0854. The summed E-state index contributed by atoms with van der Waals surface area (Å²) in [4.78, 5) is 23.2. The molecule has 1 saturated carbocycles. The normalized spacial score (nSPS) is 27.8. The number of fused-ring (bicyclic) bond motifs is 2. The van der Waals surface area contributed by atoms with E-state index in [0.717, 1.165) is 74.3 Å². The Hall–Kier alpha value is -3.12. The van der Waals surface area contributed by atoms with Crippen molar-refractivity contribution >= 4 is 11.8 Å². The van der Waals surface area contributed by atoms with Gasteiger partial charge in [-0.2, -0.15) is 0 Å². The van der Waals surface area contributed by atoms with E-state index in [1.54, 1.807) is 25.1 Å². The van der Waals surface area contributed by atoms with Crippen molar-refractivity contribution in [1.29, 1.82) is 0 Å². The maximum Gasteiger partial charge on any atom is 0.410 e. The Balaban J connectivity index is 1.67. The molecule has 278 valence electrons. The third kappa shape index (κ3) is 8.66. The van der Waals surface area contributed by atoms with Crippen LogP contribution in [-0.4, -0.2) is 110 Å². The molecule has 2 aliphatic heterocycles. The van der Waals surface area contributed by atoms with Gasteiger partial charge in [-0.1, -0.05) is 50.9 Å². The predicted molar refractivity (Wildman–Crippen MR) is 192 cm³/mol. The van der Waals surface area contributed by atoms with Crippen molar-refractivity contribution in [2.75, 3.05) is 66.8 Å². The molecule has 6 atom stereocenters. The first kappa shape index (κ1) is 38.1. The molecule has 1 aromatic rings. The molecule has 11 nitrogen and oxygen atoms in total. The van der Waals surface area contributed by atoms with Crippen LogP contribution in [0.25, 0.3) is 0 Å². The molecule has 1 saturated heterocycles. The number of rotatable bonds is 18. The lowest BCUT2D eigenvalue weighted by atomic mass is 9.55. The third-order valence-corrected chi connectivity index (χ3v) is 10.4. The van der Waals surface area contributed by atoms with Crippen molar-refractivity contribution < 1.29 is 38.8 Å². The van der Waals surface area contributed by atoms with E-state index in [4.69, 9.17) is 23.8 Å². The summed E-state index contributed by atoms with van der Waals surface area (Å²) >= 11 is 0. The van der Waals surface area contributed by atoms with Crippen LogP contribution in [0.4, 0.5) is 4.79 Å². The fourth-order valence-electron chi connectivity index (χ4n) is 8.02. The molecule has 2 fully saturated rings. The van der Waals surface area contributed by atoms with E-state index in [2.05, 4.69) is 28.8 Å². The summed E-state index contributed by atoms with van der Waals surface area (Å²) in [5, 5.41) is 24.1. The lowest BCUT2D eigenvalue weighted by Gasteiger charge is -2.59. The zero-order valence-electron chi connectivity index (χ0n) is 30.8. The van der Waals surface area contributed by atoms with Crippen molar-refractivity contribution in [3.8, 4) is 11.5 Å². The van der Waals surface area contributed by atoms with Gasteiger partial charge in [0.15, 0.2) is 0 Å². The molecule has 2 aliphatic carbocycles. The van der Waals surface area contributed by atoms with Crippen molar-refractivity contribution in [2.24, 2.45) is 28.3 Å². The maximum atomic E-state index is 13.8. The summed E-state index contributed by atoms with van der Waals surface area (Å²) in [6, 6.07) is 5.45. The zero-order valence-corrected chi connectivity index (χ0v) is 30.8. The smallest absolute Gasteiger partial charge is 0.410 e. The third-order valence-electron chi connectivity index (χ3n) is 10.4. The van der Waals surface area contributed by atoms with Gasteiger partial charge in [-0.05, 0) is 66.7 Å². The molecule has 2 N–H and O–H groups in total. The number of ether oxygens (including phenoxy) is 4. The largest absolute Gasteiger partial charge is 0.492 e. The molecule has 0 spiro atoms. The number of amides is 1. The van der Waals surface area contributed by atoms with Crippen LogP contribution in [0.15, 0.2) is 47.7 Å². The Kier molecular flexibility index (Phi) is 12.9. The zero-order chi connectivity index (χ0) is 35.9. The number of oxime groups is 1. The van der Waals surface area contributed by atoms with Crippen molar-refractivity contribution in [2.45, 2.75) is 83.5 Å². The number of allylic oxidation sites excluding steroid dienone is 1. The maximum absolute atomic E-state index is 13.8. The summed E-state index contributed by atoms with van der Waals surface area (Å²) in [6.45, 7) is 14.5. The molecule has 11 heteroatoms. The Labute approximate surface area is 298 Å². The Morgan fingerprint density at radius 1 is 1.16 bits per heavy atom. The average Bonchev–Trinajstić information content (AvgIpc) is 3.92. The topological polar surface area (TPSA) is 122 Å². The second kappa shape index (κ2) is 16.9. The second-order valence-corrected chi connectivity index (χ2v) is 15.4. The molecule has 1 amide bonds. The highest BCUT2D eigenvalue weighted by Crippen LogP contribution is 2.61. The minimum absolute atomic E-state index is 0.0963. The first-order valence-corrected chi connectivity index (χ1v) is 18.4. The first-order valence-electron chi connectivity index (χ1n) is 18.4. The molecule has 50 heavy (non-hydrogen) atoms. The van der Waals surface area contributed by atoms with Gasteiger partial charge in [0, 0.05) is 57.8 Å². The highest BCUT2D eigenvalue weighted by molar-refractivity contribution is 6.02. The number of hydrogen-bond acceptors (Lipinski definition) is 10. The summed E-state index contributed by atoms with van der Waals surface area (Å²) in [6.07, 6.45) is 8.83. The fourth-order valence-corrected chi connectivity index (χ4v) is 8.02. The van der Waals surface area contributed by atoms with Crippen LogP contribution in [0, 0.1) is 23.2 Å². The minimum atomic E-state index is -1.30. The number of hydrogen-bond donors (Lipinski definition) is 2. The number of aliphatic hydroxyl groups is 2. The number of aliphatic hydroxyl groups excluding tert-OH is 2. The van der Waals surface area contributed by atoms with Crippen LogP contribution in [0.3, 0.4) is 0 Å². The SMILES string of the molecule is C=CCO[C@@]12Oc3ccc(OCCN4CC4)cc3[C@H]3[C@H](CCCCO)[C@@H](CCCCO)C=C(C(=NOC)C[C@@H]1N(C)C(=O)OCC(C)(C)C)[C@H]32. The van der Waals surface area contributed by atoms with Crippen molar-refractivity contribution in [3.63, 3.8) is 0 Å². The monoisotopic (exact) mass is 697 g/mol. The lowest BCUT2D eigenvalue weighted by Crippen LogP contribution is -2.69. The van der Waals surface area contributed by atoms with Crippen molar-refractivity contribution in [1.82, 2.24) is 9.80 Å². The van der Waals surface area contributed by atoms with Gasteiger partial charge in [-0.15, -0.1) is 6.58 Å². The van der Waals surface area contributed by atoms with E-state index in [1.165, 1.54) is 0 Å². The lowest BCUT2D eigenvalue weighted by molar-refractivity contribution is -0.253. The molecule has 0 radical (unpaired) electrons. The van der Waals surface area contributed by atoms with E-state index in [9.17, 15) is 15.0 Å². The average molecular weight is 698 g/mol. The molecule has 0 aromatic heterocycles. The Morgan fingerprint density at radius 3 is 2.56 bits per heavy atom. The van der Waals surface area contributed by atoms with E-state index in [-0.39, 0.29) is 55.5 Å². The number of carbonyl (C=O) groups excluding carboxylic acids is 1. The van der Waals surface area contributed by atoms with Crippen LogP contribution in [-0.2, 0) is 14.3 Å². The standard InChI is InChI=1S/C39H59N3O8/c1-7-21-49-39-34(41(5)37(45)48-26-38(2,3)4)25-32(40-46-6)30-23-27(12-8-10-19-43)29(13-9-11-20-44)35(36(30)39)31-24-28(14-15-33(31)50-39)47-22-18-42-16-17-42/h7,14-15,23-24,27,29,34-36,43-44H,1,8-13,16-22,25-26H2,2-6H3/t27-,29+,34-,35+,36+,39+/m0/s1. The van der Waals surface area contributed by atoms with Crippen LogP contribution in [0.5, 0.6) is 11.5 Å². The van der Waals surface area contributed by atoms with Gasteiger partial charge >= 0.3 is 6.09 Å².